The Kier molecular flexibility index (Phi) is 2.47. The third kappa shape index (κ3) is 2.32. The molecule has 2 rings (SSSR count). The summed E-state index contributed by atoms with van der Waals surface area (Å²) >= 11 is 3.16. The summed E-state index contributed by atoms with van der Waals surface area (Å²) in [6.07, 6.45) is 3.88. The van der Waals surface area contributed by atoms with Crippen LogP contribution in [-0.4, -0.2) is 15.4 Å². The summed E-state index contributed by atoms with van der Waals surface area (Å²) in [6, 6.07) is 1.47. The molecule has 0 aromatic carbocycles. The molecule has 0 radical (unpaired) electrons. The zero-order valence-electron chi connectivity index (χ0n) is 7.94. The molecule has 80 valence electrons. The minimum Gasteiger partial charge on any atom is -0.325 e. The third-order valence-electron chi connectivity index (χ3n) is 2.52. The van der Waals surface area contributed by atoms with E-state index in [0.29, 0.717) is 16.6 Å². The molecular weight excluding hydrogens is 262 g/mol. The molecule has 0 atom stereocenters. The number of halogens is 1. The first-order valence-corrected chi connectivity index (χ1v) is 5.37. The van der Waals surface area contributed by atoms with Crippen molar-refractivity contribution in [2.75, 3.05) is 0 Å². The molecule has 15 heavy (non-hydrogen) atoms. The molecule has 0 unspecified atom stereocenters. The molecule has 1 aliphatic rings. The summed E-state index contributed by atoms with van der Waals surface area (Å²) in [5.41, 5.74) is 6.17. The number of nitro groups is 1. The zero-order valence-corrected chi connectivity index (χ0v) is 9.53. The van der Waals surface area contributed by atoms with Crippen LogP contribution in [-0.2, 0) is 6.42 Å². The maximum atomic E-state index is 10.8. The van der Waals surface area contributed by atoms with Crippen molar-refractivity contribution >= 4 is 21.6 Å². The molecule has 0 bridgehead atoms. The predicted molar refractivity (Wildman–Crippen MR) is 58.4 cm³/mol. The summed E-state index contributed by atoms with van der Waals surface area (Å²) in [6.45, 7) is 0. The van der Waals surface area contributed by atoms with E-state index in [1.807, 2.05) is 0 Å². The number of hydrogen-bond donors (Lipinski definition) is 1. The Morgan fingerprint density at radius 1 is 1.67 bits per heavy atom. The fraction of sp³-hybridized carbons (Fsp3) is 0.444. The standard InChI is InChI=1S/C9H10BrN3O2/c10-6-3-8(13(14)15)7(12-5-6)4-9(11)1-2-9/h3,5H,1-2,4,11H2. The Morgan fingerprint density at radius 2 is 2.33 bits per heavy atom. The van der Waals surface area contributed by atoms with Gasteiger partial charge >= 0.3 is 0 Å². The Hall–Kier alpha value is -1.01. The first-order chi connectivity index (χ1) is 7.00. The topological polar surface area (TPSA) is 82.0 Å². The monoisotopic (exact) mass is 271 g/mol. The van der Waals surface area contributed by atoms with Gasteiger partial charge in [0.15, 0.2) is 0 Å². The SMILES string of the molecule is NC1(Cc2ncc(Br)cc2[N+](=O)[O-])CC1. The first-order valence-electron chi connectivity index (χ1n) is 4.58. The minimum atomic E-state index is -0.418. The molecule has 6 heteroatoms. The molecule has 1 heterocycles. The Bertz CT molecular complexity index is 418. The van der Waals surface area contributed by atoms with Gasteiger partial charge in [-0.15, -0.1) is 0 Å². The lowest BCUT2D eigenvalue weighted by Gasteiger charge is -2.07. The second-order valence-electron chi connectivity index (χ2n) is 3.92. The van der Waals surface area contributed by atoms with E-state index in [1.54, 1.807) is 6.20 Å². The number of aromatic nitrogens is 1. The van der Waals surface area contributed by atoms with Gasteiger partial charge in [-0.05, 0) is 28.8 Å². The maximum Gasteiger partial charge on any atom is 0.291 e. The second-order valence-corrected chi connectivity index (χ2v) is 4.83. The molecule has 0 saturated heterocycles. The van der Waals surface area contributed by atoms with Crippen molar-refractivity contribution < 1.29 is 4.92 Å². The van der Waals surface area contributed by atoms with Crippen LogP contribution >= 0.6 is 15.9 Å². The number of rotatable bonds is 3. The first kappa shape index (κ1) is 10.5. The van der Waals surface area contributed by atoms with Gasteiger partial charge in [0.25, 0.3) is 5.69 Å². The van der Waals surface area contributed by atoms with Gasteiger partial charge in [-0.25, -0.2) is 0 Å². The summed E-state index contributed by atoms with van der Waals surface area (Å²) in [7, 11) is 0. The molecule has 0 spiro atoms. The number of nitrogens with two attached hydrogens (primary N) is 1. The molecule has 1 aromatic rings. The van der Waals surface area contributed by atoms with Gasteiger partial charge in [0.2, 0.25) is 0 Å². The van der Waals surface area contributed by atoms with Crippen LogP contribution in [0.25, 0.3) is 0 Å². The molecule has 5 nitrogen and oxygen atoms in total. The highest BCUT2D eigenvalue weighted by molar-refractivity contribution is 9.10. The molecule has 0 amide bonds. The zero-order chi connectivity index (χ0) is 11.1. The van der Waals surface area contributed by atoms with E-state index in [2.05, 4.69) is 20.9 Å². The lowest BCUT2D eigenvalue weighted by Crippen LogP contribution is -2.25. The van der Waals surface area contributed by atoms with E-state index >= 15 is 0 Å². The van der Waals surface area contributed by atoms with E-state index in [1.165, 1.54) is 6.07 Å². The van der Waals surface area contributed by atoms with Crippen LogP contribution < -0.4 is 5.73 Å². The van der Waals surface area contributed by atoms with Crippen molar-refractivity contribution in [2.45, 2.75) is 24.8 Å². The molecular formula is C9H10BrN3O2. The van der Waals surface area contributed by atoms with Gasteiger partial charge in [-0.3, -0.25) is 15.1 Å². The summed E-state index contributed by atoms with van der Waals surface area (Å²) in [5, 5.41) is 10.8. The van der Waals surface area contributed by atoms with Crippen molar-refractivity contribution in [1.29, 1.82) is 0 Å². The van der Waals surface area contributed by atoms with Gasteiger partial charge < -0.3 is 5.73 Å². The van der Waals surface area contributed by atoms with Crippen LogP contribution in [0.5, 0.6) is 0 Å². The highest BCUT2D eigenvalue weighted by atomic mass is 79.9. The predicted octanol–water partition coefficient (Wildman–Crippen LogP) is 1.79. The van der Waals surface area contributed by atoms with Gasteiger partial charge in [0.05, 0.1) is 4.92 Å². The van der Waals surface area contributed by atoms with E-state index in [-0.39, 0.29) is 11.2 Å². The molecule has 1 saturated carbocycles. The number of pyridine rings is 1. The highest BCUT2D eigenvalue weighted by Gasteiger charge is 2.40. The van der Waals surface area contributed by atoms with Crippen molar-refractivity contribution in [3.63, 3.8) is 0 Å². The lowest BCUT2D eigenvalue weighted by molar-refractivity contribution is -0.386. The summed E-state index contributed by atoms with van der Waals surface area (Å²) < 4.78 is 0.611. The van der Waals surface area contributed by atoms with E-state index < -0.39 is 4.92 Å². The van der Waals surface area contributed by atoms with Crippen molar-refractivity contribution in [3.8, 4) is 0 Å². The van der Waals surface area contributed by atoms with Gasteiger partial charge in [0.1, 0.15) is 5.69 Å². The smallest absolute Gasteiger partial charge is 0.291 e. The fourth-order valence-electron chi connectivity index (χ4n) is 1.42. The van der Waals surface area contributed by atoms with Crippen LogP contribution in [0.1, 0.15) is 18.5 Å². The largest absolute Gasteiger partial charge is 0.325 e. The van der Waals surface area contributed by atoms with Crippen molar-refractivity contribution in [1.82, 2.24) is 4.98 Å². The van der Waals surface area contributed by atoms with Crippen LogP contribution in [0.15, 0.2) is 16.7 Å². The van der Waals surface area contributed by atoms with Crippen molar-refractivity contribution in [2.24, 2.45) is 5.73 Å². The Balaban J connectivity index is 2.32. The summed E-state index contributed by atoms with van der Waals surface area (Å²) in [4.78, 5) is 14.4. The van der Waals surface area contributed by atoms with Gasteiger partial charge in [-0.1, -0.05) is 0 Å². The Morgan fingerprint density at radius 3 is 2.87 bits per heavy atom. The summed E-state index contributed by atoms with van der Waals surface area (Å²) in [5.74, 6) is 0. The maximum absolute atomic E-state index is 10.8. The lowest BCUT2D eigenvalue weighted by atomic mass is 10.1. The normalized spacial score (nSPS) is 17.5. The molecule has 1 aliphatic carbocycles. The second kappa shape index (κ2) is 3.53. The van der Waals surface area contributed by atoms with Gasteiger partial charge in [-0.2, -0.15) is 0 Å². The fourth-order valence-corrected chi connectivity index (χ4v) is 1.74. The minimum absolute atomic E-state index is 0.0427. The van der Waals surface area contributed by atoms with Gasteiger partial charge in [0, 0.05) is 28.7 Å². The van der Waals surface area contributed by atoms with E-state index in [9.17, 15) is 10.1 Å². The van der Waals surface area contributed by atoms with Crippen molar-refractivity contribution in [3.05, 3.63) is 32.5 Å². The molecule has 1 fully saturated rings. The van der Waals surface area contributed by atoms with Crippen LogP contribution in [0, 0.1) is 10.1 Å². The Labute approximate surface area is 95.0 Å². The average Bonchev–Trinajstić information content (AvgIpc) is 2.87. The van der Waals surface area contributed by atoms with E-state index in [4.69, 9.17) is 5.73 Å². The molecule has 1 aromatic heterocycles. The number of nitrogens with zero attached hydrogens (tertiary/aromatic N) is 2. The average molecular weight is 272 g/mol. The van der Waals surface area contributed by atoms with Crippen LogP contribution in [0.4, 0.5) is 5.69 Å². The van der Waals surface area contributed by atoms with Crippen LogP contribution in [0.3, 0.4) is 0 Å². The van der Waals surface area contributed by atoms with E-state index in [0.717, 1.165) is 12.8 Å². The quantitative estimate of drug-likeness (QED) is 0.671. The van der Waals surface area contributed by atoms with Crippen LogP contribution in [0.2, 0.25) is 0 Å². The number of hydrogen-bond acceptors (Lipinski definition) is 4. The highest BCUT2D eigenvalue weighted by Crippen LogP contribution is 2.37. The molecule has 2 N–H and O–H groups in total. The third-order valence-corrected chi connectivity index (χ3v) is 2.96. The molecule has 0 aliphatic heterocycles.